The van der Waals surface area contributed by atoms with Gasteiger partial charge in [-0.15, -0.1) is 0 Å². The van der Waals surface area contributed by atoms with Crippen LogP contribution in [-0.2, 0) is 27.4 Å². The Balaban J connectivity index is 2.18. The Labute approximate surface area is 158 Å². The number of fused-ring (bicyclic) bond motifs is 1. The van der Waals surface area contributed by atoms with E-state index < -0.39 is 27.9 Å². The van der Waals surface area contributed by atoms with E-state index >= 15 is 0 Å². The van der Waals surface area contributed by atoms with Crippen LogP contribution in [0.3, 0.4) is 0 Å². The summed E-state index contributed by atoms with van der Waals surface area (Å²) in [5, 5.41) is 8.80. The minimum Gasteiger partial charge on any atom is -0.481 e. The zero-order valence-electron chi connectivity index (χ0n) is 14.3. The molecule has 0 unspecified atom stereocenters. The van der Waals surface area contributed by atoms with Crippen molar-refractivity contribution in [3.63, 3.8) is 0 Å². The van der Waals surface area contributed by atoms with E-state index in [0.29, 0.717) is 0 Å². The van der Waals surface area contributed by atoms with Crippen molar-refractivity contribution in [2.75, 3.05) is 0 Å². The second kappa shape index (κ2) is 7.27. The fraction of sp³-hybridized carbons (Fsp3) is 0.222. The van der Waals surface area contributed by atoms with Gasteiger partial charge in [0.15, 0.2) is 0 Å². The zero-order valence-corrected chi connectivity index (χ0v) is 15.2. The van der Waals surface area contributed by atoms with Gasteiger partial charge in [-0.25, -0.2) is 17.4 Å². The van der Waals surface area contributed by atoms with Crippen LogP contribution in [0.2, 0.25) is 0 Å². The number of carboxylic acid groups (broad SMARTS) is 1. The van der Waals surface area contributed by atoms with Crippen molar-refractivity contribution in [2.45, 2.75) is 30.3 Å². The summed E-state index contributed by atoms with van der Waals surface area (Å²) in [6.45, 7) is 0. The first-order chi connectivity index (χ1) is 13.1. The molecule has 10 heteroatoms. The van der Waals surface area contributed by atoms with Gasteiger partial charge in [0.25, 0.3) is 10.0 Å². The molecule has 3 rings (SSSR count). The van der Waals surface area contributed by atoms with E-state index in [-0.39, 0.29) is 40.9 Å². The standard InChI is InChI=1S/C18H15F3N2O4S/c19-18(20,21)16-10-9-15-14(22-16)11-12(5-4-8-17(24)25)23(15)28(26,27)13-6-2-1-3-7-13/h1-3,6-7,9-11H,4-5,8H2,(H,24,25). The summed E-state index contributed by atoms with van der Waals surface area (Å²) in [7, 11) is -4.10. The Morgan fingerprint density at radius 3 is 2.39 bits per heavy atom. The molecule has 0 aliphatic carbocycles. The maximum absolute atomic E-state index is 13.1. The molecule has 0 radical (unpaired) electrons. The Bertz CT molecular complexity index is 1120. The minimum atomic E-state index is -4.67. The summed E-state index contributed by atoms with van der Waals surface area (Å²) in [4.78, 5) is 14.3. The third-order valence-electron chi connectivity index (χ3n) is 4.08. The van der Waals surface area contributed by atoms with Crippen LogP contribution in [0, 0.1) is 0 Å². The normalized spacial score (nSPS) is 12.4. The Morgan fingerprint density at radius 2 is 1.79 bits per heavy atom. The molecule has 0 saturated heterocycles. The highest BCUT2D eigenvalue weighted by atomic mass is 32.2. The number of alkyl halides is 3. The third kappa shape index (κ3) is 3.86. The van der Waals surface area contributed by atoms with Crippen molar-refractivity contribution in [3.8, 4) is 0 Å². The predicted octanol–water partition coefficient (Wildman–Crippen LogP) is 3.70. The van der Waals surface area contributed by atoms with Crippen LogP contribution in [0.1, 0.15) is 24.2 Å². The van der Waals surface area contributed by atoms with E-state index in [1.807, 2.05) is 0 Å². The number of benzene rings is 1. The monoisotopic (exact) mass is 412 g/mol. The number of hydrogen-bond acceptors (Lipinski definition) is 4. The largest absolute Gasteiger partial charge is 0.481 e. The highest BCUT2D eigenvalue weighted by Crippen LogP contribution is 2.31. The van der Waals surface area contributed by atoms with E-state index in [4.69, 9.17) is 5.11 Å². The quantitative estimate of drug-likeness (QED) is 0.667. The maximum Gasteiger partial charge on any atom is 0.433 e. The molecule has 0 saturated carbocycles. The molecule has 0 aliphatic heterocycles. The van der Waals surface area contributed by atoms with Gasteiger partial charge in [0, 0.05) is 12.1 Å². The van der Waals surface area contributed by atoms with Gasteiger partial charge in [-0.05, 0) is 43.2 Å². The average molecular weight is 412 g/mol. The van der Waals surface area contributed by atoms with Crippen LogP contribution >= 0.6 is 0 Å². The van der Waals surface area contributed by atoms with Gasteiger partial charge in [-0.2, -0.15) is 13.2 Å². The van der Waals surface area contributed by atoms with Crippen LogP contribution < -0.4 is 0 Å². The molecule has 0 bridgehead atoms. The molecule has 148 valence electrons. The highest BCUT2D eigenvalue weighted by molar-refractivity contribution is 7.90. The van der Waals surface area contributed by atoms with Crippen molar-refractivity contribution < 1.29 is 31.5 Å². The minimum absolute atomic E-state index is 0.00202. The summed E-state index contributed by atoms with van der Waals surface area (Å²) < 4.78 is 66.0. The second-order valence-corrected chi connectivity index (χ2v) is 7.85. The van der Waals surface area contributed by atoms with Crippen LogP contribution in [0.5, 0.6) is 0 Å². The molecule has 0 atom stereocenters. The first kappa shape index (κ1) is 19.9. The topological polar surface area (TPSA) is 89.3 Å². The Hall–Kier alpha value is -2.88. The van der Waals surface area contributed by atoms with E-state index in [1.54, 1.807) is 6.07 Å². The number of aromatic nitrogens is 2. The molecular weight excluding hydrogens is 397 g/mol. The lowest BCUT2D eigenvalue weighted by Crippen LogP contribution is -2.16. The average Bonchev–Trinajstić information content (AvgIpc) is 2.99. The summed E-state index contributed by atoms with van der Waals surface area (Å²) in [6, 6.07) is 10.5. The number of aryl methyl sites for hydroxylation is 1. The molecule has 0 amide bonds. The number of rotatable bonds is 6. The van der Waals surface area contributed by atoms with Gasteiger partial charge in [-0.3, -0.25) is 4.79 Å². The number of carboxylic acids is 1. The molecule has 0 aliphatic rings. The van der Waals surface area contributed by atoms with Crippen LogP contribution in [0.15, 0.2) is 53.4 Å². The molecule has 1 aromatic carbocycles. The van der Waals surface area contributed by atoms with E-state index in [1.165, 1.54) is 30.3 Å². The highest BCUT2D eigenvalue weighted by Gasteiger charge is 2.33. The fourth-order valence-corrected chi connectivity index (χ4v) is 4.43. The Kier molecular flexibility index (Phi) is 5.16. The summed E-state index contributed by atoms with van der Waals surface area (Å²) in [6.07, 6.45) is -4.69. The Morgan fingerprint density at radius 1 is 1.11 bits per heavy atom. The van der Waals surface area contributed by atoms with Gasteiger partial charge < -0.3 is 5.11 Å². The number of carbonyl (C=O) groups is 1. The smallest absolute Gasteiger partial charge is 0.433 e. The first-order valence-corrected chi connectivity index (χ1v) is 9.66. The summed E-state index contributed by atoms with van der Waals surface area (Å²) in [5.41, 5.74) is -1.08. The fourth-order valence-electron chi connectivity index (χ4n) is 2.85. The SMILES string of the molecule is O=C(O)CCCc1cc2nc(C(F)(F)F)ccc2n1S(=O)(=O)c1ccccc1. The summed E-state index contributed by atoms with van der Waals surface area (Å²) in [5.74, 6) is -1.05. The van der Waals surface area contributed by atoms with Crippen molar-refractivity contribution in [3.05, 3.63) is 59.9 Å². The lowest BCUT2D eigenvalue weighted by atomic mass is 10.2. The summed E-state index contributed by atoms with van der Waals surface area (Å²) >= 11 is 0. The third-order valence-corrected chi connectivity index (χ3v) is 5.86. The number of aliphatic carboxylic acids is 1. The molecule has 0 fully saturated rings. The van der Waals surface area contributed by atoms with Crippen LogP contribution in [0.4, 0.5) is 13.2 Å². The van der Waals surface area contributed by atoms with E-state index in [9.17, 15) is 26.4 Å². The van der Waals surface area contributed by atoms with Gasteiger partial charge in [0.05, 0.1) is 15.9 Å². The van der Waals surface area contributed by atoms with E-state index in [2.05, 4.69) is 4.98 Å². The lowest BCUT2D eigenvalue weighted by molar-refractivity contribution is -0.141. The molecule has 2 aromatic heterocycles. The molecule has 6 nitrogen and oxygen atoms in total. The molecule has 0 spiro atoms. The number of halogens is 3. The van der Waals surface area contributed by atoms with Crippen molar-refractivity contribution >= 4 is 27.0 Å². The molecule has 2 heterocycles. The lowest BCUT2D eigenvalue weighted by Gasteiger charge is -2.12. The number of hydrogen-bond donors (Lipinski definition) is 1. The maximum atomic E-state index is 13.1. The first-order valence-electron chi connectivity index (χ1n) is 8.21. The predicted molar refractivity (Wildman–Crippen MR) is 94.3 cm³/mol. The van der Waals surface area contributed by atoms with Gasteiger partial charge in [0.2, 0.25) is 0 Å². The number of nitrogens with zero attached hydrogens (tertiary/aromatic N) is 2. The van der Waals surface area contributed by atoms with Crippen LogP contribution in [0.25, 0.3) is 11.0 Å². The van der Waals surface area contributed by atoms with Gasteiger partial charge >= 0.3 is 12.1 Å². The second-order valence-electron chi connectivity index (χ2n) is 6.06. The van der Waals surface area contributed by atoms with Crippen molar-refractivity contribution in [1.29, 1.82) is 0 Å². The molecule has 28 heavy (non-hydrogen) atoms. The van der Waals surface area contributed by atoms with Gasteiger partial charge in [0.1, 0.15) is 5.69 Å². The van der Waals surface area contributed by atoms with E-state index in [0.717, 1.165) is 16.1 Å². The zero-order chi connectivity index (χ0) is 20.5. The molecule has 1 N–H and O–H groups in total. The van der Waals surface area contributed by atoms with Gasteiger partial charge in [-0.1, -0.05) is 18.2 Å². The van der Waals surface area contributed by atoms with Crippen molar-refractivity contribution in [2.24, 2.45) is 0 Å². The molecule has 3 aromatic rings. The van der Waals surface area contributed by atoms with Crippen molar-refractivity contribution in [1.82, 2.24) is 8.96 Å². The molecular formula is C18H15F3N2O4S. The van der Waals surface area contributed by atoms with Crippen LogP contribution in [-0.4, -0.2) is 28.5 Å². The number of pyridine rings is 1.